The monoisotopic (exact) mass is 368 g/mol. The molecule has 0 amide bonds. The molecule has 26 heavy (non-hydrogen) atoms. The van der Waals surface area contributed by atoms with Gasteiger partial charge in [-0.3, -0.25) is 0 Å². The van der Waals surface area contributed by atoms with Gasteiger partial charge in [0.15, 0.2) is 0 Å². The second kappa shape index (κ2) is 13.8. The summed E-state index contributed by atoms with van der Waals surface area (Å²) in [6.45, 7) is 6.55. The third kappa shape index (κ3) is 9.35. The van der Waals surface area contributed by atoms with Crippen LogP contribution in [0.15, 0.2) is 24.3 Å². The van der Waals surface area contributed by atoms with E-state index < -0.39 is 0 Å². The molecular formula is C19H32N2O5. The van der Waals surface area contributed by atoms with Crippen LogP contribution in [0.1, 0.15) is 12.8 Å². The Labute approximate surface area is 156 Å². The molecular weight excluding hydrogens is 336 g/mol. The molecule has 1 aromatic carbocycles. The minimum atomic E-state index is 0.385. The van der Waals surface area contributed by atoms with Crippen molar-refractivity contribution in [1.29, 1.82) is 0 Å². The summed E-state index contributed by atoms with van der Waals surface area (Å²) >= 11 is 0. The van der Waals surface area contributed by atoms with Gasteiger partial charge in [-0.05, 0) is 38.1 Å². The molecule has 0 spiro atoms. The van der Waals surface area contributed by atoms with E-state index in [1.165, 1.54) is 0 Å². The van der Waals surface area contributed by atoms with E-state index in [0.717, 1.165) is 25.9 Å². The lowest BCUT2D eigenvalue weighted by molar-refractivity contribution is -0.0260. The van der Waals surface area contributed by atoms with Gasteiger partial charge in [-0.15, -0.1) is 0 Å². The van der Waals surface area contributed by atoms with Crippen molar-refractivity contribution in [2.45, 2.75) is 18.9 Å². The summed E-state index contributed by atoms with van der Waals surface area (Å²) in [6, 6.07) is 7.42. The minimum absolute atomic E-state index is 0.385. The van der Waals surface area contributed by atoms with Gasteiger partial charge in [-0.2, -0.15) is 0 Å². The Morgan fingerprint density at radius 3 is 2.04 bits per heavy atom. The van der Waals surface area contributed by atoms with Gasteiger partial charge in [-0.1, -0.05) is 12.1 Å². The number of hydrogen-bond acceptors (Lipinski definition) is 7. The number of ether oxygens (including phenoxy) is 5. The zero-order chi connectivity index (χ0) is 18.3. The molecule has 7 heteroatoms. The third-order valence-electron chi connectivity index (χ3n) is 4.02. The van der Waals surface area contributed by atoms with Gasteiger partial charge in [0, 0.05) is 0 Å². The van der Waals surface area contributed by atoms with Crippen molar-refractivity contribution in [3.05, 3.63) is 24.3 Å². The van der Waals surface area contributed by atoms with Crippen LogP contribution in [0.2, 0.25) is 0 Å². The number of nitrogens with one attached hydrogen (secondary N) is 1. The van der Waals surface area contributed by atoms with Crippen molar-refractivity contribution in [3.8, 4) is 5.75 Å². The zero-order valence-corrected chi connectivity index (χ0v) is 15.5. The van der Waals surface area contributed by atoms with Crippen molar-refractivity contribution in [2.75, 3.05) is 71.7 Å². The number of piperidine rings is 1. The first-order chi connectivity index (χ1) is 12.9. The minimum Gasteiger partial charge on any atom is -0.489 e. The Hall–Kier alpha value is -1.38. The maximum Gasteiger partial charge on any atom is 0.142 e. The first-order valence-corrected chi connectivity index (χ1v) is 9.39. The van der Waals surface area contributed by atoms with Gasteiger partial charge in [0.05, 0.1) is 58.0 Å². The molecule has 1 heterocycles. The van der Waals surface area contributed by atoms with Crippen LogP contribution in [-0.2, 0) is 18.9 Å². The molecule has 1 saturated heterocycles. The van der Waals surface area contributed by atoms with E-state index in [1.807, 2.05) is 24.3 Å². The molecule has 1 aromatic rings. The first-order valence-electron chi connectivity index (χ1n) is 9.39. The molecule has 0 saturated carbocycles. The van der Waals surface area contributed by atoms with Crippen LogP contribution in [0.5, 0.6) is 5.75 Å². The molecule has 0 radical (unpaired) electrons. The summed E-state index contributed by atoms with van der Waals surface area (Å²) in [5.41, 5.74) is 6.43. The second-order valence-corrected chi connectivity index (χ2v) is 6.04. The van der Waals surface area contributed by atoms with E-state index in [4.69, 9.17) is 29.4 Å². The van der Waals surface area contributed by atoms with Gasteiger partial charge in [0.1, 0.15) is 12.4 Å². The van der Waals surface area contributed by atoms with Crippen molar-refractivity contribution < 1.29 is 23.7 Å². The molecule has 1 fully saturated rings. The second-order valence-electron chi connectivity index (χ2n) is 6.04. The smallest absolute Gasteiger partial charge is 0.142 e. The highest BCUT2D eigenvalue weighted by Crippen LogP contribution is 2.19. The number of nitrogens with two attached hydrogens (primary N) is 1. The molecule has 7 nitrogen and oxygen atoms in total. The van der Waals surface area contributed by atoms with E-state index in [-0.39, 0.29) is 0 Å². The molecule has 0 aromatic heterocycles. The maximum atomic E-state index is 5.79. The molecule has 3 N–H and O–H groups in total. The fourth-order valence-corrected chi connectivity index (χ4v) is 2.60. The number of rotatable bonds is 14. The molecule has 0 bridgehead atoms. The highest BCUT2D eigenvalue weighted by molar-refractivity contribution is 5.51. The van der Waals surface area contributed by atoms with Crippen LogP contribution in [0, 0.1) is 0 Å². The van der Waals surface area contributed by atoms with E-state index in [0.29, 0.717) is 70.4 Å². The molecule has 1 aliphatic rings. The van der Waals surface area contributed by atoms with E-state index in [1.54, 1.807) is 0 Å². The highest BCUT2D eigenvalue weighted by atomic mass is 16.6. The van der Waals surface area contributed by atoms with E-state index in [2.05, 4.69) is 5.32 Å². The summed E-state index contributed by atoms with van der Waals surface area (Å²) in [5, 5.41) is 3.32. The fourth-order valence-electron chi connectivity index (χ4n) is 2.60. The largest absolute Gasteiger partial charge is 0.489 e. The van der Waals surface area contributed by atoms with Crippen molar-refractivity contribution in [1.82, 2.24) is 5.32 Å². The summed E-state index contributed by atoms with van der Waals surface area (Å²) in [6.07, 6.45) is 2.57. The molecule has 0 atom stereocenters. The van der Waals surface area contributed by atoms with Crippen LogP contribution in [0.25, 0.3) is 0 Å². The topological polar surface area (TPSA) is 84.2 Å². The van der Waals surface area contributed by atoms with Gasteiger partial charge in [0.2, 0.25) is 0 Å². The first kappa shape index (κ1) is 20.9. The Morgan fingerprint density at radius 1 is 0.808 bits per heavy atom. The van der Waals surface area contributed by atoms with Crippen LogP contribution >= 0.6 is 0 Å². The molecule has 148 valence electrons. The summed E-state index contributed by atoms with van der Waals surface area (Å²) in [7, 11) is 0. The normalized spacial score (nSPS) is 15.2. The van der Waals surface area contributed by atoms with Crippen LogP contribution in [-0.4, -0.2) is 72.0 Å². The van der Waals surface area contributed by atoms with Gasteiger partial charge in [0.25, 0.3) is 0 Å². The Balaban J connectivity index is 1.29. The van der Waals surface area contributed by atoms with Crippen molar-refractivity contribution in [3.63, 3.8) is 0 Å². The Morgan fingerprint density at radius 2 is 1.38 bits per heavy atom. The Bertz CT molecular complexity index is 469. The van der Waals surface area contributed by atoms with E-state index >= 15 is 0 Å². The molecule has 0 aliphatic carbocycles. The molecule has 2 rings (SSSR count). The standard InChI is InChI=1S/C19H32N2O5/c20-18-3-1-2-4-19(18)26-16-14-24-12-10-22-9-11-23-13-15-25-17-5-7-21-8-6-17/h1-4,17,21H,5-16,20H2. The number of anilines is 1. The van der Waals surface area contributed by atoms with Crippen LogP contribution in [0.3, 0.4) is 0 Å². The highest BCUT2D eigenvalue weighted by Gasteiger charge is 2.12. The van der Waals surface area contributed by atoms with Gasteiger partial charge >= 0.3 is 0 Å². The predicted octanol–water partition coefficient (Wildman–Crippen LogP) is 1.47. The number of para-hydroxylation sites is 2. The summed E-state index contributed by atoms with van der Waals surface area (Å²) in [5.74, 6) is 0.689. The Kier molecular flexibility index (Phi) is 11.1. The van der Waals surface area contributed by atoms with Crippen molar-refractivity contribution >= 4 is 5.69 Å². The third-order valence-corrected chi connectivity index (χ3v) is 4.02. The lowest BCUT2D eigenvalue weighted by Gasteiger charge is -2.22. The van der Waals surface area contributed by atoms with Gasteiger partial charge < -0.3 is 34.7 Å². The maximum absolute atomic E-state index is 5.79. The molecule has 1 aliphatic heterocycles. The van der Waals surface area contributed by atoms with Crippen molar-refractivity contribution in [2.24, 2.45) is 0 Å². The summed E-state index contributed by atoms with van der Waals surface area (Å²) in [4.78, 5) is 0. The number of nitrogen functional groups attached to an aromatic ring is 1. The molecule has 0 unspecified atom stereocenters. The quantitative estimate of drug-likeness (QED) is 0.380. The summed E-state index contributed by atoms with van der Waals surface area (Å²) < 4.78 is 27.7. The van der Waals surface area contributed by atoms with E-state index in [9.17, 15) is 0 Å². The zero-order valence-electron chi connectivity index (χ0n) is 15.5. The lowest BCUT2D eigenvalue weighted by Crippen LogP contribution is -2.33. The predicted molar refractivity (Wildman–Crippen MR) is 101 cm³/mol. The fraction of sp³-hybridized carbons (Fsp3) is 0.684. The SMILES string of the molecule is Nc1ccccc1OCCOCCOCCOCCOC1CCNCC1. The number of hydrogen-bond donors (Lipinski definition) is 2. The average molecular weight is 368 g/mol. The van der Waals surface area contributed by atoms with Crippen LogP contribution in [0.4, 0.5) is 5.69 Å². The van der Waals surface area contributed by atoms with Crippen LogP contribution < -0.4 is 15.8 Å². The lowest BCUT2D eigenvalue weighted by atomic mass is 10.1. The number of benzene rings is 1. The van der Waals surface area contributed by atoms with Gasteiger partial charge in [-0.25, -0.2) is 0 Å². The average Bonchev–Trinajstić information content (AvgIpc) is 2.67.